The number of rotatable bonds is 0. The first-order valence-electron chi connectivity index (χ1n) is 5.05. The molecule has 1 aliphatic heterocycles. The third kappa shape index (κ3) is 0.969. The van der Waals surface area contributed by atoms with Crippen LogP contribution in [0.5, 0.6) is 0 Å². The number of hydrogen-bond donors (Lipinski definition) is 0. The van der Waals surface area contributed by atoms with Crippen molar-refractivity contribution in [2.45, 2.75) is 25.2 Å². The number of carbonyl (C=O) groups excluding carboxylic acids is 1. The van der Waals surface area contributed by atoms with E-state index in [-0.39, 0.29) is 5.92 Å². The summed E-state index contributed by atoms with van der Waals surface area (Å²) in [6.07, 6.45) is 2.69. The van der Waals surface area contributed by atoms with Crippen molar-refractivity contribution in [1.29, 1.82) is 0 Å². The first kappa shape index (κ1) is 7.92. The molecule has 3 rings (SSSR count). The van der Waals surface area contributed by atoms with Gasteiger partial charge in [0.05, 0.1) is 11.6 Å². The quantitative estimate of drug-likeness (QED) is 0.611. The molecule has 0 radical (unpaired) electrons. The summed E-state index contributed by atoms with van der Waals surface area (Å²) in [5.41, 5.74) is 3.21. The lowest BCUT2D eigenvalue weighted by atomic mass is 9.83. The molecule has 1 unspecified atom stereocenters. The van der Waals surface area contributed by atoms with Crippen LogP contribution < -0.4 is 0 Å². The molecule has 2 heteroatoms. The second kappa shape index (κ2) is 2.77. The maximum atomic E-state index is 11.8. The van der Waals surface area contributed by atoms with Crippen LogP contribution in [-0.4, -0.2) is 11.5 Å². The lowest BCUT2D eigenvalue weighted by Crippen LogP contribution is -2.23. The molecule has 0 spiro atoms. The average Bonchev–Trinajstić information content (AvgIpc) is 2.57. The number of aliphatic imine (C=N–C) groups is 1. The molecule has 2 nitrogen and oxygen atoms in total. The van der Waals surface area contributed by atoms with Gasteiger partial charge in [-0.1, -0.05) is 18.2 Å². The van der Waals surface area contributed by atoms with E-state index in [0.29, 0.717) is 5.78 Å². The van der Waals surface area contributed by atoms with Gasteiger partial charge in [0.2, 0.25) is 0 Å². The molecule has 70 valence electrons. The number of carbonyl (C=O) groups is 1. The fourth-order valence-electron chi connectivity index (χ4n) is 2.38. The van der Waals surface area contributed by atoms with Crippen molar-refractivity contribution in [1.82, 2.24) is 0 Å². The first-order chi connectivity index (χ1) is 6.86. The van der Waals surface area contributed by atoms with Gasteiger partial charge in [-0.2, -0.15) is 0 Å². The van der Waals surface area contributed by atoms with Crippen LogP contribution in [0.25, 0.3) is 0 Å². The van der Waals surface area contributed by atoms with Crippen molar-refractivity contribution >= 4 is 17.2 Å². The highest BCUT2D eigenvalue weighted by Gasteiger charge is 2.34. The van der Waals surface area contributed by atoms with Gasteiger partial charge in [-0.15, -0.1) is 0 Å². The van der Waals surface area contributed by atoms with E-state index in [0.717, 1.165) is 36.2 Å². The van der Waals surface area contributed by atoms with Crippen LogP contribution >= 0.6 is 0 Å². The summed E-state index contributed by atoms with van der Waals surface area (Å²) in [6.45, 7) is 0. The zero-order chi connectivity index (χ0) is 9.54. The molecule has 0 N–H and O–H groups in total. The van der Waals surface area contributed by atoms with Gasteiger partial charge in [0.1, 0.15) is 5.78 Å². The fourth-order valence-corrected chi connectivity index (χ4v) is 2.38. The monoisotopic (exact) mass is 185 g/mol. The minimum atomic E-state index is -0.0000463. The Kier molecular flexibility index (Phi) is 1.57. The van der Waals surface area contributed by atoms with Gasteiger partial charge < -0.3 is 0 Å². The van der Waals surface area contributed by atoms with Crippen molar-refractivity contribution < 1.29 is 4.79 Å². The predicted octanol–water partition coefficient (Wildman–Crippen LogP) is 2.61. The zero-order valence-corrected chi connectivity index (χ0v) is 7.86. The molecular formula is C12H11NO. The van der Waals surface area contributed by atoms with E-state index in [1.54, 1.807) is 0 Å². The van der Waals surface area contributed by atoms with E-state index in [1.807, 2.05) is 24.3 Å². The van der Waals surface area contributed by atoms with Gasteiger partial charge in [0.25, 0.3) is 0 Å². The smallest absolute Gasteiger partial charge is 0.146 e. The number of hydrogen-bond acceptors (Lipinski definition) is 2. The average molecular weight is 185 g/mol. The Bertz CT molecular complexity index is 434. The van der Waals surface area contributed by atoms with E-state index in [2.05, 4.69) is 4.99 Å². The molecule has 0 bridgehead atoms. The molecular weight excluding hydrogens is 174 g/mol. The van der Waals surface area contributed by atoms with Crippen molar-refractivity contribution in [2.24, 2.45) is 4.99 Å². The summed E-state index contributed by atoms with van der Waals surface area (Å²) in [6, 6.07) is 7.98. The number of para-hydroxylation sites is 1. The second-order valence-corrected chi connectivity index (χ2v) is 3.91. The molecule has 14 heavy (non-hydrogen) atoms. The van der Waals surface area contributed by atoms with Gasteiger partial charge >= 0.3 is 0 Å². The summed E-state index contributed by atoms with van der Waals surface area (Å²) >= 11 is 0. The van der Waals surface area contributed by atoms with Gasteiger partial charge in [0.15, 0.2) is 0 Å². The maximum absolute atomic E-state index is 11.8. The van der Waals surface area contributed by atoms with Gasteiger partial charge in [-0.25, -0.2) is 0 Å². The summed E-state index contributed by atoms with van der Waals surface area (Å²) in [4.78, 5) is 16.3. The molecule has 1 atom stereocenters. The Morgan fingerprint density at radius 2 is 2.07 bits per heavy atom. The predicted molar refractivity (Wildman–Crippen MR) is 55.1 cm³/mol. The molecule has 1 aromatic rings. The molecule has 1 aromatic carbocycles. The minimum Gasteiger partial charge on any atom is -0.299 e. The Labute approximate surface area is 82.7 Å². The van der Waals surface area contributed by atoms with Crippen molar-refractivity contribution in [3.05, 3.63) is 29.8 Å². The van der Waals surface area contributed by atoms with Gasteiger partial charge in [-0.3, -0.25) is 9.79 Å². The lowest BCUT2D eigenvalue weighted by Gasteiger charge is -2.18. The van der Waals surface area contributed by atoms with E-state index in [1.165, 1.54) is 0 Å². The van der Waals surface area contributed by atoms with Crippen LogP contribution in [0.15, 0.2) is 29.3 Å². The Morgan fingerprint density at radius 1 is 1.21 bits per heavy atom. The van der Waals surface area contributed by atoms with Crippen LogP contribution in [0.1, 0.15) is 30.7 Å². The van der Waals surface area contributed by atoms with Crippen molar-refractivity contribution in [3.63, 3.8) is 0 Å². The zero-order valence-electron chi connectivity index (χ0n) is 7.86. The summed E-state index contributed by atoms with van der Waals surface area (Å²) in [5, 5.41) is 0. The maximum Gasteiger partial charge on any atom is 0.146 e. The molecule has 1 saturated carbocycles. The largest absolute Gasteiger partial charge is 0.299 e. The SMILES string of the molecule is O=C1CCCC2=Nc3ccccc3C12. The lowest BCUT2D eigenvalue weighted by molar-refractivity contribution is -0.119. The van der Waals surface area contributed by atoms with Crippen molar-refractivity contribution in [3.8, 4) is 0 Å². The molecule has 0 aromatic heterocycles. The van der Waals surface area contributed by atoms with Crippen LogP contribution in [0.4, 0.5) is 5.69 Å². The number of ketones is 1. The highest BCUT2D eigenvalue weighted by molar-refractivity contribution is 6.15. The summed E-state index contributed by atoms with van der Waals surface area (Å²) in [5.74, 6) is 0.347. The summed E-state index contributed by atoms with van der Waals surface area (Å²) in [7, 11) is 0. The van der Waals surface area contributed by atoms with E-state index >= 15 is 0 Å². The number of Topliss-reactive ketones (excluding diaryl/α,β-unsaturated/α-hetero) is 1. The number of benzene rings is 1. The Hall–Kier alpha value is -1.44. The van der Waals surface area contributed by atoms with E-state index in [4.69, 9.17) is 0 Å². The van der Waals surface area contributed by atoms with Gasteiger partial charge in [-0.05, 0) is 24.5 Å². The molecule has 2 aliphatic rings. The molecule has 0 saturated heterocycles. The van der Waals surface area contributed by atoms with Crippen LogP contribution in [0.2, 0.25) is 0 Å². The van der Waals surface area contributed by atoms with Crippen molar-refractivity contribution in [2.75, 3.05) is 0 Å². The summed E-state index contributed by atoms with van der Waals surface area (Å²) < 4.78 is 0. The molecule has 1 aliphatic carbocycles. The van der Waals surface area contributed by atoms with Crippen LogP contribution in [-0.2, 0) is 4.79 Å². The Balaban J connectivity index is 2.15. The third-order valence-electron chi connectivity index (χ3n) is 3.02. The number of fused-ring (bicyclic) bond motifs is 3. The molecule has 1 fully saturated rings. The fraction of sp³-hybridized carbons (Fsp3) is 0.333. The number of nitrogens with zero attached hydrogens (tertiary/aromatic N) is 1. The first-order valence-corrected chi connectivity index (χ1v) is 5.05. The molecule has 1 heterocycles. The second-order valence-electron chi connectivity index (χ2n) is 3.91. The highest BCUT2D eigenvalue weighted by Crippen LogP contribution is 2.40. The molecule has 0 amide bonds. The van der Waals surface area contributed by atoms with Gasteiger partial charge in [0, 0.05) is 12.1 Å². The Morgan fingerprint density at radius 3 is 3.00 bits per heavy atom. The standard InChI is InChI=1S/C12H11NO/c14-11-7-3-6-10-12(11)8-4-1-2-5-9(8)13-10/h1-2,4-5,12H,3,6-7H2. The van der Waals surface area contributed by atoms with E-state index in [9.17, 15) is 4.79 Å². The van der Waals surface area contributed by atoms with Crippen LogP contribution in [0.3, 0.4) is 0 Å². The minimum absolute atomic E-state index is 0.0000463. The highest BCUT2D eigenvalue weighted by atomic mass is 16.1. The van der Waals surface area contributed by atoms with E-state index < -0.39 is 0 Å². The van der Waals surface area contributed by atoms with Crippen LogP contribution in [0, 0.1) is 0 Å². The third-order valence-corrected chi connectivity index (χ3v) is 3.02. The topological polar surface area (TPSA) is 29.4 Å². The normalized spacial score (nSPS) is 24.1.